The summed E-state index contributed by atoms with van der Waals surface area (Å²) in [5.41, 5.74) is 0. The van der Waals surface area contributed by atoms with Gasteiger partial charge in [0.05, 0.1) is 26.4 Å². The Hall–Kier alpha value is -4.54. The van der Waals surface area contributed by atoms with Gasteiger partial charge in [-0.05, 0) is 154 Å². The van der Waals surface area contributed by atoms with Gasteiger partial charge in [-0.3, -0.25) is 37.3 Å². The molecular formula is C81H138O17P2. The van der Waals surface area contributed by atoms with E-state index in [9.17, 15) is 43.2 Å². The molecule has 0 saturated carbocycles. The number of hydrogen-bond acceptors (Lipinski definition) is 15. The maximum absolute atomic E-state index is 13.1. The summed E-state index contributed by atoms with van der Waals surface area (Å²) in [4.78, 5) is 72.9. The van der Waals surface area contributed by atoms with Crippen LogP contribution in [0.5, 0.6) is 0 Å². The van der Waals surface area contributed by atoms with E-state index in [1.165, 1.54) is 51.4 Å². The number of phosphoric ester groups is 2. The van der Waals surface area contributed by atoms with Gasteiger partial charge in [0.2, 0.25) is 0 Å². The summed E-state index contributed by atoms with van der Waals surface area (Å²) < 4.78 is 68.5. The van der Waals surface area contributed by atoms with Gasteiger partial charge in [0.25, 0.3) is 0 Å². The molecule has 574 valence electrons. The van der Waals surface area contributed by atoms with Gasteiger partial charge in [-0.25, -0.2) is 9.13 Å². The van der Waals surface area contributed by atoms with Gasteiger partial charge in [-0.1, -0.05) is 252 Å². The second kappa shape index (κ2) is 72.8. The Kier molecular flexibility index (Phi) is 69.5. The van der Waals surface area contributed by atoms with Crippen LogP contribution in [0.4, 0.5) is 0 Å². The third-order valence-corrected chi connectivity index (χ3v) is 17.8. The summed E-state index contributed by atoms with van der Waals surface area (Å²) in [5.74, 6) is -2.24. The summed E-state index contributed by atoms with van der Waals surface area (Å²) in [6.07, 6.45) is 79.0. The Morgan fingerprint density at radius 1 is 0.290 bits per heavy atom. The fourth-order valence-electron chi connectivity index (χ4n) is 10.0. The molecule has 0 amide bonds. The van der Waals surface area contributed by atoms with Crippen molar-refractivity contribution in [1.29, 1.82) is 0 Å². The second-order valence-electron chi connectivity index (χ2n) is 25.5. The number of rotatable bonds is 72. The molecule has 100 heavy (non-hydrogen) atoms. The van der Waals surface area contributed by atoms with E-state index in [-0.39, 0.29) is 25.7 Å². The number of carbonyl (C=O) groups is 4. The molecule has 4 atom stereocenters. The summed E-state index contributed by atoms with van der Waals surface area (Å²) in [6.45, 7) is 4.55. The van der Waals surface area contributed by atoms with Crippen LogP contribution in [0, 0.1) is 0 Å². The zero-order chi connectivity index (χ0) is 73.2. The maximum Gasteiger partial charge on any atom is 0.472 e. The molecule has 3 N–H and O–H groups in total. The SMILES string of the molecule is CC/C=C\C/C=C\C/C=C\C/C=C\CCCCCCC(=O)OCC(COP(=O)(O)OCC(O)COP(=O)(O)OCC(COC(=O)CCCCCC/C=C\C/C=C\C/C=C\C/C=C\CC)OC(=O)CCCCCCC/C=C\CCCCCC)OC(=O)CCCCCCC/C=C\CCCCCC. The van der Waals surface area contributed by atoms with Crippen LogP contribution in [0.2, 0.25) is 0 Å². The zero-order valence-electron chi connectivity index (χ0n) is 62.6. The average molecular weight is 1450 g/mol. The topological polar surface area (TPSA) is 237 Å². The van der Waals surface area contributed by atoms with Crippen LogP contribution in [-0.4, -0.2) is 96.7 Å². The monoisotopic (exact) mass is 1440 g/mol. The molecule has 0 fully saturated rings. The van der Waals surface area contributed by atoms with Gasteiger partial charge in [-0.2, -0.15) is 0 Å². The Bertz CT molecular complexity index is 2210. The van der Waals surface area contributed by atoms with E-state index in [0.29, 0.717) is 25.7 Å². The molecule has 0 aromatic heterocycles. The fraction of sp³-hybridized carbons (Fsp3) is 0.704. The van der Waals surface area contributed by atoms with E-state index in [1.807, 2.05) is 0 Å². The van der Waals surface area contributed by atoms with Crippen LogP contribution in [0.1, 0.15) is 310 Å². The largest absolute Gasteiger partial charge is 0.472 e. The highest BCUT2D eigenvalue weighted by Gasteiger charge is 2.30. The number of allylic oxidation sites excluding steroid dienone is 20. The standard InChI is InChI=1S/C81H138O17P2/c1-5-9-13-17-21-25-29-33-35-37-39-43-45-49-53-57-61-65-78(83)91-71-76(97-80(85)67-63-59-55-51-47-41-31-27-23-19-15-11-7-3)73-95-99(87,88)93-69-75(82)70-94-100(89,90)96-74-77(98-81(86)68-64-60-56-52-48-42-32-28-24-20-16-12-8-4)72-92-79(84)66-62-58-54-50-46-44-40-38-36-34-30-26-22-18-14-10-6-2/h9-10,13-14,21-22,25-28,31-36,39-40,43-44,75-77,82H,5-8,11-12,15-20,23-24,29-30,37-38,41-42,45-74H2,1-4H3,(H,87,88)(H,89,90)/b13-9-,14-10-,25-21-,26-22-,31-27-,32-28-,35-33-,36-34-,43-39-,44-40-. The number of aliphatic hydroxyl groups is 1. The van der Waals surface area contributed by atoms with Gasteiger partial charge in [-0.15, -0.1) is 0 Å². The first kappa shape index (κ1) is 95.5. The van der Waals surface area contributed by atoms with Crippen molar-refractivity contribution in [2.45, 2.75) is 329 Å². The first-order valence-corrected chi connectivity index (χ1v) is 41.8. The Balaban J connectivity index is 5.39. The second-order valence-corrected chi connectivity index (χ2v) is 28.4. The summed E-state index contributed by atoms with van der Waals surface area (Å²) in [5, 5.41) is 10.6. The Morgan fingerprint density at radius 2 is 0.520 bits per heavy atom. The number of phosphoric acid groups is 2. The molecule has 0 heterocycles. The fourth-order valence-corrected chi connectivity index (χ4v) is 11.6. The van der Waals surface area contributed by atoms with Gasteiger partial charge in [0, 0.05) is 25.7 Å². The number of carbonyl (C=O) groups excluding carboxylic acids is 4. The summed E-state index contributed by atoms with van der Waals surface area (Å²) in [7, 11) is -9.97. The predicted octanol–water partition coefficient (Wildman–Crippen LogP) is 22.3. The molecule has 0 spiro atoms. The number of hydrogen-bond donors (Lipinski definition) is 3. The quantitative estimate of drug-likeness (QED) is 0.0169. The molecule has 0 aromatic carbocycles. The lowest BCUT2D eigenvalue weighted by molar-refractivity contribution is -0.161. The first-order valence-electron chi connectivity index (χ1n) is 38.8. The van der Waals surface area contributed by atoms with Gasteiger partial charge in [0.15, 0.2) is 12.2 Å². The van der Waals surface area contributed by atoms with Crippen molar-refractivity contribution in [3.05, 3.63) is 122 Å². The van der Waals surface area contributed by atoms with Crippen LogP contribution >= 0.6 is 15.6 Å². The van der Waals surface area contributed by atoms with Crippen molar-refractivity contribution in [1.82, 2.24) is 0 Å². The lowest BCUT2D eigenvalue weighted by Crippen LogP contribution is -2.30. The van der Waals surface area contributed by atoms with E-state index in [2.05, 4.69) is 149 Å². The van der Waals surface area contributed by atoms with Gasteiger partial charge in [0.1, 0.15) is 19.3 Å². The average Bonchev–Trinajstić information content (AvgIpc) is 0.943. The Labute approximate surface area is 606 Å². The van der Waals surface area contributed by atoms with Crippen molar-refractivity contribution in [3.63, 3.8) is 0 Å². The number of unbranched alkanes of at least 4 members (excludes halogenated alkanes) is 26. The molecule has 0 aromatic rings. The van der Waals surface area contributed by atoms with Crippen LogP contribution < -0.4 is 0 Å². The molecule has 0 rings (SSSR count). The molecule has 0 aliphatic carbocycles. The lowest BCUT2D eigenvalue weighted by Gasteiger charge is -2.21. The van der Waals surface area contributed by atoms with Crippen LogP contribution in [0.15, 0.2) is 122 Å². The molecular weight excluding hydrogens is 1310 g/mol. The van der Waals surface area contributed by atoms with Crippen LogP contribution in [0.25, 0.3) is 0 Å². The highest BCUT2D eigenvalue weighted by Crippen LogP contribution is 2.45. The van der Waals surface area contributed by atoms with Crippen molar-refractivity contribution < 1.29 is 80.2 Å². The number of esters is 4. The van der Waals surface area contributed by atoms with Crippen molar-refractivity contribution >= 4 is 39.5 Å². The molecule has 0 bridgehead atoms. The van der Waals surface area contributed by atoms with E-state index in [4.69, 9.17) is 37.0 Å². The maximum atomic E-state index is 13.1. The van der Waals surface area contributed by atoms with E-state index in [1.54, 1.807) is 0 Å². The van der Waals surface area contributed by atoms with Crippen LogP contribution in [0.3, 0.4) is 0 Å². The molecule has 0 aliphatic rings. The summed E-state index contributed by atoms with van der Waals surface area (Å²) >= 11 is 0. The molecule has 0 saturated heterocycles. The first-order chi connectivity index (χ1) is 48.7. The molecule has 4 unspecified atom stereocenters. The molecule has 0 radical (unpaired) electrons. The smallest absolute Gasteiger partial charge is 0.462 e. The Morgan fingerprint density at radius 3 is 0.810 bits per heavy atom. The highest BCUT2D eigenvalue weighted by atomic mass is 31.2. The van der Waals surface area contributed by atoms with Gasteiger partial charge < -0.3 is 33.8 Å². The minimum Gasteiger partial charge on any atom is -0.462 e. The third-order valence-electron chi connectivity index (χ3n) is 15.9. The highest BCUT2D eigenvalue weighted by molar-refractivity contribution is 7.47. The van der Waals surface area contributed by atoms with Crippen molar-refractivity contribution in [2.24, 2.45) is 0 Å². The third kappa shape index (κ3) is 71.8. The van der Waals surface area contributed by atoms with E-state index >= 15 is 0 Å². The van der Waals surface area contributed by atoms with Crippen LogP contribution in [-0.2, 0) is 65.4 Å². The van der Waals surface area contributed by atoms with Gasteiger partial charge >= 0.3 is 39.5 Å². The summed E-state index contributed by atoms with van der Waals surface area (Å²) in [6, 6.07) is 0. The minimum atomic E-state index is -4.98. The molecule has 17 nitrogen and oxygen atoms in total. The minimum absolute atomic E-state index is 0.0770. The van der Waals surface area contributed by atoms with Crippen molar-refractivity contribution in [2.75, 3.05) is 39.6 Å². The number of aliphatic hydroxyl groups excluding tert-OH is 1. The van der Waals surface area contributed by atoms with E-state index in [0.717, 1.165) is 180 Å². The zero-order valence-corrected chi connectivity index (χ0v) is 64.4. The van der Waals surface area contributed by atoms with E-state index < -0.39 is 97.5 Å². The predicted molar refractivity (Wildman–Crippen MR) is 408 cm³/mol. The van der Waals surface area contributed by atoms with Crippen molar-refractivity contribution in [3.8, 4) is 0 Å². The molecule has 19 heteroatoms. The lowest BCUT2D eigenvalue weighted by atomic mass is 10.1. The molecule has 0 aliphatic heterocycles. The number of ether oxygens (including phenoxy) is 4. The normalized spacial score (nSPS) is 14.6.